The van der Waals surface area contributed by atoms with Crippen LogP contribution in [0, 0.1) is 17.1 Å². The van der Waals surface area contributed by atoms with Crippen molar-refractivity contribution < 1.29 is 18.9 Å². The highest BCUT2D eigenvalue weighted by atomic mass is 19.1. The number of halogens is 1. The lowest BCUT2D eigenvalue weighted by Gasteiger charge is -2.29. The number of benzene rings is 2. The molecule has 0 aliphatic carbocycles. The summed E-state index contributed by atoms with van der Waals surface area (Å²) in [5.74, 6) is 0.0427. The lowest BCUT2D eigenvalue weighted by atomic mass is 10.1. The van der Waals surface area contributed by atoms with Crippen molar-refractivity contribution in [2.24, 2.45) is 0 Å². The van der Waals surface area contributed by atoms with E-state index >= 15 is 0 Å². The molecule has 1 saturated heterocycles. The van der Waals surface area contributed by atoms with E-state index in [0.717, 1.165) is 39.3 Å². The van der Waals surface area contributed by atoms with Crippen molar-refractivity contribution in [3.8, 4) is 11.8 Å². The fourth-order valence-electron chi connectivity index (χ4n) is 3.24. The molecule has 3 rings (SSSR count). The number of para-hydroxylation sites is 1. The molecule has 2 aromatic carbocycles. The van der Waals surface area contributed by atoms with Crippen molar-refractivity contribution >= 4 is 0 Å². The summed E-state index contributed by atoms with van der Waals surface area (Å²) in [7, 11) is 0. The van der Waals surface area contributed by atoms with Gasteiger partial charge in [-0.05, 0) is 24.3 Å². The van der Waals surface area contributed by atoms with Gasteiger partial charge in [0.15, 0.2) is 11.6 Å². The molecular weight excluding hydrogens is 317 g/mol. The van der Waals surface area contributed by atoms with Gasteiger partial charge in [0.05, 0.1) is 11.6 Å². The third-order valence-corrected chi connectivity index (χ3v) is 4.75. The van der Waals surface area contributed by atoms with E-state index < -0.39 is 0 Å². The van der Waals surface area contributed by atoms with Gasteiger partial charge < -0.3 is 14.5 Å². The van der Waals surface area contributed by atoms with Gasteiger partial charge in [-0.3, -0.25) is 0 Å². The zero-order valence-electron chi connectivity index (χ0n) is 14.3. The number of ether oxygens (including phenoxy) is 1. The molecule has 2 aromatic rings. The van der Waals surface area contributed by atoms with Crippen LogP contribution in [0.5, 0.6) is 5.75 Å². The average Bonchev–Trinajstić information content (AvgIpc) is 2.65. The molecule has 0 atom stereocenters. The number of quaternary nitrogens is 2. The molecule has 1 heterocycles. The first-order valence-electron chi connectivity index (χ1n) is 8.78. The van der Waals surface area contributed by atoms with Gasteiger partial charge in [-0.25, -0.2) is 4.39 Å². The van der Waals surface area contributed by atoms with Crippen molar-refractivity contribution in [3.63, 3.8) is 0 Å². The first kappa shape index (κ1) is 17.4. The Morgan fingerprint density at radius 3 is 2.32 bits per heavy atom. The molecule has 130 valence electrons. The maximum atomic E-state index is 13.5. The molecule has 0 radical (unpaired) electrons. The second-order valence-electron chi connectivity index (χ2n) is 6.51. The Hall–Kier alpha value is -2.42. The molecule has 0 spiro atoms. The number of nitrogens with zero attached hydrogens (tertiary/aromatic N) is 1. The van der Waals surface area contributed by atoms with Crippen LogP contribution in [0.15, 0.2) is 48.5 Å². The minimum Gasteiger partial charge on any atom is -0.485 e. The van der Waals surface area contributed by atoms with Crippen molar-refractivity contribution in [1.29, 1.82) is 5.26 Å². The third-order valence-electron chi connectivity index (χ3n) is 4.75. The molecule has 0 amide bonds. The predicted octanol–water partition coefficient (Wildman–Crippen LogP) is 0.0598. The van der Waals surface area contributed by atoms with E-state index in [-0.39, 0.29) is 5.82 Å². The van der Waals surface area contributed by atoms with Crippen LogP contribution in [0.2, 0.25) is 0 Å². The molecule has 2 N–H and O–H groups in total. The number of rotatable bonds is 6. The summed E-state index contributed by atoms with van der Waals surface area (Å²) in [5, 5.41) is 8.85. The minimum atomic E-state index is -0.297. The Morgan fingerprint density at radius 1 is 0.960 bits per heavy atom. The van der Waals surface area contributed by atoms with Gasteiger partial charge in [0.25, 0.3) is 0 Å². The van der Waals surface area contributed by atoms with Gasteiger partial charge in [-0.2, -0.15) is 5.26 Å². The first-order valence-corrected chi connectivity index (χ1v) is 8.78. The van der Waals surface area contributed by atoms with Crippen LogP contribution in [0.4, 0.5) is 4.39 Å². The van der Waals surface area contributed by atoms with Crippen molar-refractivity contribution in [2.45, 2.75) is 6.54 Å². The summed E-state index contributed by atoms with van der Waals surface area (Å²) in [6.07, 6.45) is 0. The van der Waals surface area contributed by atoms with Gasteiger partial charge in [0.1, 0.15) is 45.9 Å². The predicted molar refractivity (Wildman–Crippen MR) is 93.0 cm³/mol. The van der Waals surface area contributed by atoms with Crippen LogP contribution in [-0.4, -0.2) is 39.3 Å². The highest BCUT2D eigenvalue weighted by molar-refractivity contribution is 5.31. The van der Waals surface area contributed by atoms with Gasteiger partial charge in [-0.15, -0.1) is 0 Å². The van der Waals surface area contributed by atoms with Crippen LogP contribution in [0.3, 0.4) is 0 Å². The number of nitriles is 1. The molecule has 1 fully saturated rings. The number of hydrogen-bond donors (Lipinski definition) is 2. The van der Waals surface area contributed by atoms with Gasteiger partial charge in [-0.1, -0.05) is 24.3 Å². The normalized spacial score (nSPS) is 20.0. The summed E-state index contributed by atoms with van der Waals surface area (Å²) in [5.41, 5.74) is 1.99. The van der Waals surface area contributed by atoms with Gasteiger partial charge in [0.2, 0.25) is 0 Å². The molecule has 4 nitrogen and oxygen atoms in total. The second-order valence-corrected chi connectivity index (χ2v) is 6.51. The number of piperazine rings is 1. The van der Waals surface area contributed by atoms with Gasteiger partial charge >= 0.3 is 0 Å². The molecule has 1 aliphatic heterocycles. The maximum absolute atomic E-state index is 13.5. The van der Waals surface area contributed by atoms with E-state index in [1.54, 1.807) is 23.1 Å². The highest BCUT2D eigenvalue weighted by Gasteiger charge is 2.22. The number of nitrogens with one attached hydrogen (secondary N) is 2. The monoisotopic (exact) mass is 341 g/mol. The molecule has 0 aromatic heterocycles. The van der Waals surface area contributed by atoms with Crippen LogP contribution in [0.1, 0.15) is 11.1 Å². The Labute approximate surface area is 148 Å². The van der Waals surface area contributed by atoms with Crippen LogP contribution in [-0.2, 0) is 6.54 Å². The Morgan fingerprint density at radius 2 is 1.64 bits per heavy atom. The van der Waals surface area contributed by atoms with Crippen molar-refractivity contribution in [2.75, 3.05) is 39.3 Å². The van der Waals surface area contributed by atoms with E-state index in [4.69, 9.17) is 10.00 Å². The lowest BCUT2D eigenvalue weighted by molar-refractivity contribution is -1.02. The Balaban J connectivity index is 1.38. The number of hydrogen-bond acceptors (Lipinski definition) is 2. The first-order chi connectivity index (χ1) is 12.2. The van der Waals surface area contributed by atoms with E-state index in [1.807, 2.05) is 24.3 Å². The fourth-order valence-corrected chi connectivity index (χ4v) is 3.24. The topological polar surface area (TPSA) is 41.9 Å². The zero-order chi connectivity index (χ0) is 17.5. The quantitative estimate of drug-likeness (QED) is 0.780. The van der Waals surface area contributed by atoms with Gasteiger partial charge in [0, 0.05) is 5.56 Å². The molecule has 0 bridgehead atoms. The lowest BCUT2D eigenvalue weighted by Crippen LogP contribution is -3.27. The largest absolute Gasteiger partial charge is 0.485 e. The fraction of sp³-hybridized carbons (Fsp3) is 0.350. The molecule has 5 heteroatoms. The Bertz CT molecular complexity index is 718. The van der Waals surface area contributed by atoms with E-state index in [2.05, 4.69) is 6.07 Å². The van der Waals surface area contributed by atoms with Crippen LogP contribution in [0.25, 0.3) is 0 Å². The standard InChI is InChI=1S/C20H22FN3O/c21-19-3-1-2-4-20(19)25-14-13-23-9-11-24(12-10-23)16-18-7-5-17(15-22)6-8-18/h1-8H,9-14,16H2/p+2. The Kier molecular flexibility index (Phi) is 5.99. The van der Waals surface area contributed by atoms with E-state index in [1.165, 1.54) is 16.5 Å². The maximum Gasteiger partial charge on any atom is 0.165 e. The summed E-state index contributed by atoms with van der Waals surface area (Å²) < 4.78 is 19.1. The van der Waals surface area contributed by atoms with E-state index in [9.17, 15) is 4.39 Å². The zero-order valence-corrected chi connectivity index (χ0v) is 14.3. The third kappa shape index (κ3) is 5.02. The highest BCUT2D eigenvalue weighted by Crippen LogP contribution is 2.14. The summed E-state index contributed by atoms with van der Waals surface area (Å²) in [6.45, 7) is 6.90. The SMILES string of the molecule is N#Cc1ccc(C[NH+]2CC[NH+](CCOc3ccccc3F)CC2)cc1. The van der Waals surface area contributed by atoms with Crippen LogP contribution < -0.4 is 14.5 Å². The molecule has 25 heavy (non-hydrogen) atoms. The van der Waals surface area contributed by atoms with Crippen molar-refractivity contribution in [3.05, 3.63) is 65.5 Å². The molecule has 0 unspecified atom stereocenters. The summed E-state index contributed by atoms with van der Waals surface area (Å²) >= 11 is 0. The molecular formula is C20H24FN3O+2. The summed E-state index contributed by atoms with van der Waals surface area (Å²) in [6, 6.07) is 16.6. The van der Waals surface area contributed by atoms with E-state index in [0.29, 0.717) is 17.9 Å². The van der Waals surface area contributed by atoms with Crippen molar-refractivity contribution in [1.82, 2.24) is 0 Å². The smallest absolute Gasteiger partial charge is 0.165 e. The second kappa shape index (κ2) is 8.61. The average molecular weight is 341 g/mol. The summed E-state index contributed by atoms with van der Waals surface area (Å²) in [4.78, 5) is 3.09. The molecule has 1 aliphatic rings. The molecule has 0 saturated carbocycles. The minimum absolute atomic E-state index is 0.297. The van der Waals surface area contributed by atoms with Crippen LogP contribution >= 0.6 is 0 Å².